The van der Waals surface area contributed by atoms with Gasteiger partial charge in [-0.05, 0) is 61.9 Å². The maximum atomic E-state index is 13.1. The minimum absolute atomic E-state index is 0.0601. The van der Waals surface area contributed by atoms with E-state index >= 15 is 0 Å². The number of ether oxygens (including phenoxy) is 3. The van der Waals surface area contributed by atoms with Crippen molar-refractivity contribution in [1.82, 2.24) is 14.7 Å². The summed E-state index contributed by atoms with van der Waals surface area (Å²) in [4.78, 5) is 2.15. The molecule has 0 amide bonds. The van der Waals surface area contributed by atoms with Crippen LogP contribution in [0.4, 0.5) is 4.39 Å². The third-order valence-corrected chi connectivity index (χ3v) is 5.74. The first-order valence-corrected chi connectivity index (χ1v) is 11.5. The molecule has 2 heterocycles. The second-order valence-corrected chi connectivity index (χ2v) is 8.88. The smallest absolute Gasteiger partial charge is 0.134 e. The van der Waals surface area contributed by atoms with Crippen molar-refractivity contribution in [1.29, 1.82) is 0 Å². The van der Waals surface area contributed by atoms with Gasteiger partial charge in [0.25, 0.3) is 0 Å². The monoisotopic (exact) mass is 469 g/mol. The molecule has 1 aromatic heterocycles. The molecule has 8 heteroatoms. The highest BCUT2D eigenvalue weighted by Gasteiger charge is 2.33. The highest BCUT2D eigenvalue weighted by Crippen LogP contribution is 2.20. The molecule has 1 aliphatic rings. The van der Waals surface area contributed by atoms with Crippen LogP contribution in [0.5, 0.6) is 11.5 Å². The molecule has 2 aromatic carbocycles. The molecule has 34 heavy (non-hydrogen) atoms. The number of hydrogen-bond acceptors (Lipinski definition) is 6. The van der Waals surface area contributed by atoms with Crippen LogP contribution in [-0.4, -0.2) is 64.9 Å². The number of aryl methyl sites for hydroxylation is 2. The molecular formula is C26H32FN3O4. The summed E-state index contributed by atoms with van der Waals surface area (Å²) in [5.74, 6) is 0.990. The molecule has 1 aliphatic heterocycles. The summed E-state index contributed by atoms with van der Waals surface area (Å²) in [6.07, 6.45) is 0. The molecule has 182 valence electrons. The molecule has 0 radical (unpaired) electrons. The second-order valence-electron chi connectivity index (χ2n) is 8.88. The largest absolute Gasteiger partial charge is 0.492 e. The maximum Gasteiger partial charge on any atom is 0.134 e. The first kappa shape index (κ1) is 24.2. The Morgan fingerprint density at radius 2 is 1.91 bits per heavy atom. The molecule has 0 spiro atoms. The fraction of sp³-hybridized carbons (Fsp3) is 0.423. The molecule has 7 nitrogen and oxygen atoms in total. The number of halogens is 1. The predicted molar refractivity (Wildman–Crippen MR) is 127 cm³/mol. The summed E-state index contributed by atoms with van der Waals surface area (Å²) >= 11 is 0. The summed E-state index contributed by atoms with van der Waals surface area (Å²) in [5, 5.41) is 15.6. The molecule has 1 unspecified atom stereocenters. The van der Waals surface area contributed by atoms with Gasteiger partial charge in [0.2, 0.25) is 0 Å². The molecular weight excluding hydrogens is 437 g/mol. The number of aromatic nitrogens is 2. The lowest BCUT2D eigenvalue weighted by molar-refractivity contribution is -0.0646. The lowest BCUT2D eigenvalue weighted by atomic mass is 10.1. The minimum atomic E-state index is -1.17. The van der Waals surface area contributed by atoms with Gasteiger partial charge in [-0.3, -0.25) is 9.58 Å². The summed E-state index contributed by atoms with van der Waals surface area (Å²) in [6, 6.07) is 15.8. The zero-order valence-electron chi connectivity index (χ0n) is 19.7. The number of benzene rings is 2. The Morgan fingerprint density at radius 1 is 1.09 bits per heavy atom. The van der Waals surface area contributed by atoms with Crippen LogP contribution in [0.15, 0.2) is 54.6 Å². The van der Waals surface area contributed by atoms with E-state index in [9.17, 15) is 9.50 Å². The van der Waals surface area contributed by atoms with E-state index in [4.69, 9.17) is 14.2 Å². The van der Waals surface area contributed by atoms with Crippen LogP contribution in [0, 0.1) is 19.7 Å². The van der Waals surface area contributed by atoms with Gasteiger partial charge in [-0.2, -0.15) is 5.10 Å². The van der Waals surface area contributed by atoms with Crippen LogP contribution in [0.2, 0.25) is 0 Å². The SMILES string of the molecule is Cc1cc(C)n(CCOc2cccc(CN3CCOCC(O)(COc4ccc(F)cc4)C3)c2)n1. The van der Waals surface area contributed by atoms with Gasteiger partial charge >= 0.3 is 0 Å². The minimum Gasteiger partial charge on any atom is -0.492 e. The molecule has 0 aliphatic carbocycles. The number of rotatable bonds is 9. The highest BCUT2D eigenvalue weighted by atomic mass is 19.1. The molecule has 3 aromatic rings. The molecule has 1 N–H and O–H groups in total. The van der Waals surface area contributed by atoms with Gasteiger partial charge < -0.3 is 19.3 Å². The van der Waals surface area contributed by atoms with Crippen LogP contribution in [0.25, 0.3) is 0 Å². The van der Waals surface area contributed by atoms with Gasteiger partial charge in [-0.1, -0.05) is 12.1 Å². The standard InChI is InChI=1S/C26H32FN3O4/c1-20-14-21(2)30(28-20)11-13-33-25-5-3-4-22(15-25)16-29-10-12-32-18-26(31,17-29)19-34-24-8-6-23(27)7-9-24/h3-9,14-15,31H,10-13,16-19H2,1-2H3. The summed E-state index contributed by atoms with van der Waals surface area (Å²) in [5.41, 5.74) is 2.05. The topological polar surface area (TPSA) is 69.0 Å². The molecule has 1 fully saturated rings. The zero-order chi connectivity index (χ0) is 24.0. The molecule has 4 rings (SSSR count). The van der Waals surface area contributed by atoms with E-state index in [-0.39, 0.29) is 19.0 Å². The van der Waals surface area contributed by atoms with Crippen molar-refractivity contribution >= 4 is 0 Å². The van der Waals surface area contributed by atoms with Crippen molar-refractivity contribution in [2.75, 3.05) is 39.5 Å². The first-order valence-electron chi connectivity index (χ1n) is 11.5. The normalized spacial score (nSPS) is 19.1. The first-order chi connectivity index (χ1) is 16.4. The highest BCUT2D eigenvalue weighted by molar-refractivity contribution is 5.28. The number of nitrogens with zero attached hydrogens (tertiary/aromatic N) is 3. The van der Waals surface area contributed by atoms with Crippen LogP contribution in [-0.2, 0) is 17.8 Å². The van der Waals surface area contributed by atoms with Crippen LogP contribution in [0.1, 0.15) is 17.0 Å². The number of β-amino-alcohol motifs (C(OH)–C–C–N with tert-alkyl or cyclic N) is 1. The maximum absolute atomic E-state index is 13.1. The lowest BCUT2D eigenvalue weighted by Gasteiger charge is -2.30. The Kier molecular flexibility index (Phi) is 7.82. The van der Waals surface area contributed by atoms with Crippen molar-refractivity contribution in [3.63, 3.8) is 0 Å². The van der Waals surface area contributed by atoms with E-state index in [1.54, 1.807) is 12.1 Å². The van der Waals surface area contributed by atoms with Crippen LogP contribution >= 0.6 is 0 Å². The van der Waals surface area contributed by atoms with Gasteiger partial charge in [0.05, 0.1) is 25.5 Å². The van der Waals surface area contributed by atoms with E-state index in [0.29, 0.717) is 45.1 Å². The molecule has 1 saturated heterocycles. The fourth-order valence-electron chi connectivity index (χ4n) is 4.11. The number of aliphatic hydroxyl groups is 1. The Balaban J connectivity index is 1.31. The Hall–Kier alpha value is -2.94. The van der Waals surface area contributed by atoms with Crippen molar-refractivity contribution in [3.05, 3.63) is 77.4 Å². The molecule has 0 saturated carbocycles. The van der Waals surface area contributed by atoms with E-state index in [2.05, 4.69) is 16.1 Å². The molecule has 0 bridgehead atoms. The lowest BCUT2D eigenvalue weighted by Crippen LogP contribution is -2.48. The van der Waals surface area contributed by atoms with E-state index < -0.39 is 5.60 Å². The third-order valence-electron chi connectivity index (χ3n) is 5.74. The van der Waals surface area contributed by atoms with Crippen molar-refractivity contribution in [2.24, 2.45) is 0 Å². The fourth-order valence-corrected chi connectivity index (χ4v) is 4.11. The Bertz CT molecular complexity index is 1070. The van der Waals surface area contributed by atoms with Gasteiger partial charge in [0.1, 0.15) is 36.1 Å². The van der Waals surface area contributed by atoms with E-state index in [1.165, 1.54) is 12.1 Å². The van der Waals surface area contributed by atoms with Gasteiger partial charge in [0, 0.05) is 25.3 Å². The average molecular weight is 470 g/mol. The van der Waals surface area contributed by atoms with E-state index in [0.717, 1.165) is 22.7 Å². The summed E-state index contributed by atoms with van der Waals surface area (Å²) in [7, 11) is 0. The number of hydrogen-bond donors (Lipinski definition) is 1. The predicted octanol–water partition coefficient (Wildman–Crippen LogP) is 3.36. The van der Waals surface area contributed by atoms with Crippen LogP contribution in [0.3, 0.4) is 0 Å². The van der Waals surface area contributed by atoms with Gasteiger partial charge in [-0.15, -0.1) is 0 Å². The third kappa shape index (κ3) is 6.79. The summed E-state index contributed by atoms with van der Waals surface area (Å²) < 4.78 is 32.4. The second kappa shape index (κ2) is 11.0. The van der Waals surface area contributed by atoms with Gasteiger partial charge in [-0.25, -0.2) is 4.39 Å². The Labute approximate surface area is 199 Å². The zero-order valence-corrected chi connectivity index (χ0v) is 19.7. The summed E-state index contributed by atoms with van der Waals surface area (Å²) in [6.45, 7) is 7.76. The van der Waals surface area contributed by atoms with Crippen LogP contribution < -0.4 is 9.47 Å². The Morgan fingerprint density at radius 3 is 2.68 bits per heavy atom. The molecule has 1 atom stereocenters. The van der Waals surface area contributed by atoms with Gasteiger partial charge in [0.15, 0.2) is 0 Å². The van der Waals surface area contributed by atoms with Crippen molar-refractivity contribution in [3.8, 4) is 11.5 Å². The van der Waals surface area contributed by atoms with E-state index in [1.807, 2.05) is 42.8 Å². The van der Waals surface area contributed by atoms with Crippen molar-refractivity contribution in [2.45, 2.75) is 32.5 Å². The average Bonchev–Trinajstić information content (AvgIpc) is 3.01. The quantitative estimate of drug-likeness (QED) is 0.518. The van der Waals surface area contributed by atoms with Crippen molar-refractivity contribution < 1.29 is 23.7 Å².